The third-order valence-corrected chi connectivity index (χ3v) is 3.83. The highest BCUT2D eigenvalue weighted by Gasteiger charge is 2.20. The highest BCUT2D eigenvalue weighted by molar-refractivity contribution is 5.71. The standard InChI is InChI=1S/C19H20N2O2/c1-19(2,3)15-7-5-4-6-13(15)16-11-20-18(21-16)14-9-8-12(22)10-17(14)23/h4-11,22-23H,1-3H3,(H,20,21). The first kappa shape index (κ1) is 15.2. The lowest BCUT2D eigenvalue weighted by Gasteiger charge is -2.22. The van der Waals surface area contributed by atoms with Crippen LogP contribution in [-0.4, -0.2) is 20.2 Å². The first-order valence-electron chi connectivity index (χ1n) is 7.54. The van der Waals surface area contributed by atoms with Gasteiger partial charge in [-0.3, -0.25) is 0 Å². The topological polar surface area (TPSA) is 69.1 Å². The van der Waals surface area contributed by atoms with Gasteiger partial charge in [-0.2, -0.15) is 0 Å². The zero-order chi connectivity index (χ0) is 16.6. The second-order valence-electron chi connectivity index (χ2n) is 6.63. The summed E-state index contributed by atoms with van der Waals surface area (Å²) in [5, 5.41) is 19.4. The molecule has 0 bridgehead atoms. The Hall–Kier alpha value is -2.75. The summed E-state index contributed by atoms with van der Waals surface area (Å²) in [7, 11) is 0. The molecule has 23 heavy (non-hydrogen) atoms. The van der Waals surface area contributed by atoms with Crippen molar-refractivity contribution >= 4 is 0 Å². The minimum atomic E-state index is -0.00462. The van der Waals surface area contributed by atoms with Crippen molar-refractivity contribution in [2.24, 2.45) is 0 Å². The zero-order valence-electron chi connectivity index (χ0n) is 13.5. The molecule has 0 amide bonds. The summed E-state index contributed by atoms with van der Waals surface area (Å²) < 4.78 is 0. The lowest BCUT2D eigenvalue weighted by atomic mass is 9.83. The molecule has 3 aromatic rings. The predicted molar refractivity (Wildman–Crippen MR) is 91.5 cm³/mol. The third-order valence-electron chi connectivity index (χ3n) is 3.83. The Morgan fingerprint density at radius 2 is 1.70 bits per heavy atom. The van der Waals surface area contributed by atoms with Crippen LogP contribution >= 0.6 is 0 Å². The molecule has 4 nitrogen and oxygen atoms in total. The molecule has 1 aromatic heterocycles. The summed E-state index contributed by atoms with van der Waals surface area (Å²) in [5.74, 6) is 0.590. The summed E-state index contributed by atoms with van der Waals surface area (Å²) in [6.07, 6.45) is 1.84. The molecule has 0 aliphatic heterocycles. The number of phenols is 2. The third kappa shape index (κ3) is 2.93. The minimum Gasteiger partial charge on any atom is -0.508 e. The first-order valence-corrected chi connectivity index (χ1v) is 7.54. The monoisotopic (exact) mass is 308 g/mol. The largest absolute Gasteiger partial charge is 0.508 e. The second-order valence-corrected chi connectivity index (χ2v) is 6.63. The molecule has 0 unspecified atom stereocenters. The molecule has 0 spiro atoms. The SMILES string of the molecule is CC(C)(C)c1ccccc1-c1c[nH]c(-c2ccc(O)cc2O)n1. The molecule has 118 valence electrons. The highest BCUT2D eigenvalue weighted by atomic mass is 16.3. The van der Waals surface area contributed by atoms with Crippen LogP contribution in [0.25, 0.3) is 22.6 Å². The van der Waals surface area contributed by atoms with Gasteiger partial charge in [0, 0.05) is 17.8 Å². The van der Waals surface area contributed by atoms with Crippen LogP contribution in [0.4, 0.5) is 0 Å². The number of benzene rings is 2. The van der Waals surface area contributed by atoms with Gasteiger partial charge in [-0.25, -0.2) is 4.98 Å². The number of phenolic OH excluding ortho intramolecular Hbond substituents is 2. The molecule has 0 saturated heterocycles. The molecular formula is C19H20N2O2. The Kier molecular flexibility index (Phi) is 3.60. The Morgan fingerprint density at radius 1 is 0.957 bits per heavy atom. The molecule has 0 radical (unpaired) electrons. The molecule has 4 heteroatoms. The van der Waals surface area contributed by atoms with Crippen molar-refractivity contribution < 1.29 is 10.2 Å². The first-order chi connectivity index (χ1) is 10.9. The fraction of sp³-hybridized carbons (Fsp3) is 0.211. The van der Waals surface area contributed by atoms with E-state index in [0.717, 1.165) is 11.3 Å². The Labute approximate surface area is 135 Å². The van der Waals surface area contributed by atoms with Gasteiger partial charge in [0.2, 0.25) is 0 Å². The van der Waals surface area contributed by atoms with E-state index in [9.17, 15) is 10.2 Å². The van der Waals surface area contributed by atoms with E-state index in [0.29, 0.717) is 11.4 Å². The van der Waals surface area contributed by atoms with E-state index in [2.05, 4.69) is 42.9 Å². The molecule has 0 atom stereocenters. The second kappa shape index (κ2) is 5.47. The van der Waals surface area contributed by atoms with Crippen molar-refractivity contribution in [3.8, 4) is 34.1 Å². The Balaban J connectivity index is 2.07. The van der Waals surface area contributed by atoms with Crippen molar-refractivity contribution in [2.45, 2.75) is 26.2 Å². The van der Waals surface area contributed by atoms with Crippen LogP contribution in [0.5, 0.6) is 11.5 Å². The van der Waals surface area contributed by atoms with Crippen molar-refractivity contribution in [2.75, 3.05) is 0 Å². The summed E-state index contributed by atoms with van der Waals surface area (Å²) in [6, 6.07) is 12.7. The van der Waals surface area contributed by atoms with Crippen molar-refractivity contribution in [3.63, 3.8) is 0 Å². The van der Waals surface area contributed by atoms with Crippen LogP contribution in [0, 0.1) is 0 Å². The number of H-pyrrole nitrogens is 1. The van der Waals surface area contributed by atoms with E-state index in [1.54, 1.807) is 6.07 Å². The number of nitrogens with zero attached hydrogens (tertiary/aromatic N) is 1. The molecule has 1 heterocycles. The van der Waals surface area contributed by atoms with Crippen LogP contribution in [0.2, 0.25) is 0 Å². The van der Waals surface area contributed by atoms with Crippen LogP contribution in [0.15, 0.2) is 48.7 Å². The van der Waals surface area contributed by atoms with Gasteiger partial charge in [-0.15, -0.1) is 0 Å². The van der Waals surface area contributed by atoms with Gasteiger partial charge in [0.1, 0.15) is 17.3 Å². The average molecular weight is 308 g/mol. The summed E-state index contributed by atoms with van der Waals surface area (Å²) in [4.78, 5) is 7.72. The number of aromatic hydroxyl groups is 2. The zero-order valence-corrected chi connectivity index (χ0v) is 13.5. The molecule has 3 N–H and O–H groups in total. The smallest absolute Gasteiger partial charge is 0.141 e. The molecule has 0 fully saturated rings. The van der Waals surface area contributed by atoms with Crippen LogP contribution in [-0.2, 0) is 5.41 Å². The predicted octanol–water partition coefficient (Wildman–Crippen LogP) is 4.45. The van der Waals surface area contributed by atoms with E-state index >= 15 is 0 Å². The van der Waals surface area contributed by atoms with E-state index < -0.39 is 0 Å². The van der Waals surface area contributed by atoms with Gasteiger partial charge in [0.25, 0.3) is 0 Å². The Bertz CT molecular complexity index is 845. The van der Waals surface area contributed by atoms with Gasteiger partial charge < -0.3 is 15.2 Å². The van der Waals surface area contributed by atoms with Gasteiger partial charge >= 0.3 is 0 Å². The van der Waals surface area contributed by atoms with Crippen LogP contribution in [0.1, 0.15) is 26.3 Å². The van der Waals surface area contributed by atoms with E-state index in [4.69, 9.17) is 0 Å². The van der Waals surface area contributed by atoms with E-state index in [1.165, 1.54) is 17.7 Å². The van der Waals surface area contributed by atoms with E-state index in [-0.39, 0.29) is 16.9 Å². The average Bonchev–Trinajstić information content (AvgIpc) is 2.96. The molecule has 0 aliphatic rings. The van der Waals surface area contributed by atoms with E-state index in [1.807, 2.05) is 18.3 Å². The number of rotatable bonds is 2. The van der Waals surface area contributed by atoms with Crippen molar-refractivity contribution in [3.05, 3.63) is 54.2 Å². The fourth-order valence-electron chi connectivity index (χ4n) is 2.68. The number of hydrogen-bond donors (Lipinski definition) is 3. The molecular weight excluding hydrogens is 288 g/mol. The number of aromatic nitrogens is 2. The lowest BCUT2D eigenvalue weighted by Crippen LogP contribution is -2.12. The minimum absolute atomic E-state index is 0.00462. The van der Waals surface area contributed by atoms with Gasteiger partial charge in [0.15, 0.2) is 0 Å². The quantitative estimate of drug-likeness (QED) is 0.655. The van der Waals surface area contributed by atoms with Crippen LogP contribution in [0.3, 0.4) is 0 Å². The summed E-state index contributed by atoms with van der Waals surface area (Å²) >= 11 is 0. The molecule has 0 aliphatic carbocycles. The molecule has 3 rings (SSSR count). The van der Waals surface area contributed by atoms with Gasteiger partial charge in [0.05, 0.1) is 11.3 Å². The number of hydrogen-bond acceptors (Lipinski definition) is 3. The van der Waals surface area contributed by atoms with Gasteiger partial charge in [-0.05, 0) is 23.1 Å². The summed E-state index contributed by atoms with van der Waals surface area (Å²) in [6.45, 7) is 6.52. The maximum Gasteiger partial charge on any atom is 0.141 e. The molecule has 2 aromatic carbocycles. The number of nitrogens with one attached hydrogen (secondary N) is 1. The number of imidazole rings is 1. The molecule has 0 saturated carbocycles. The number of aromatic amines is 1. The van der Waals surface area contributed by atoms with Crippen molar-refractivity contribution in [1.29, 1.82) is 0 Å². The lowest BCUT2D eigenvalue weighted by molar-refractivity contribution is 0.451. The maximum atomic E-state index is 9.99. The van der Waals surface area contributed by atoms with Crippen LogP contribution < -0.4 is 0 Å². The Morgan fingerprint density at radius 3 is 2.39 bits per heavy atom. The normalized spacial score (nSPS) is 11.6. The fourth-order valence-corrected chi connectivity index (χ4v) is 2.68. The maximum absolute atomic E-state index is 9.99. The highest BCUT2D eigenvalue weighted by Crippen LogP contribution is 2.35. The van der Waals surface area contributed by atoms with Crippen molar-refractivity contribution in [1.82, 2.24) is 9.97 Å². The van der Waals surface area contributed by atoms with Gasteiger partial charge in [-0.1, -0.05) is 45.0 Å². The summed E-state index contributed by atoms with van der Waals surface area (Å²) in [5.41, 5.74) is 3.69.